The van der Waals surface area contributed by atoms with E-state index in [2.05, 4.69) is 5.10 Å². The molecule has 0 spiro atoms. The quantitative estimate of drug-likeness (QED) is 0.484. The third kappa shape index (κ3) is 4.08. The van der Waals surface area contributed by atoms with Gasteiger partial charge in [-0.2, -0.15) is 5.10 Å². The van der Waals surface area contributed by atoms with Gasteiger partial charge in [-0.05, 0) is 20.8 Å². The number of rotatable bonds is 4. The largest absolute Gasteiger partial charge is 0.394 e. The van der Waals surface area contributed by atoms with Gasteiger partial charge >= 0.3 is 0 Å². The van der Waals surface area contributed by atoms with Crippen LogP contribution in [0.2, 0.25) is 0 Å². The van der Waals surface area contributed by atoms with E-state index in [1.807, 2.05) is 20.8 Å². The van der Waals surface area contributed by atoms with Gasteiger partial charge in [-0.15, -0.1) is 0 Å². The molecule has 1 radical (unpaired) electrons. The second kappa shape index (κ2) is 4.87. The first-order chi connectivity index (χ1) is 5.52. The highest BCUT2D eigenvalue weighted by Gasteiger charge is 2.18. The van der Waals surface area contributed by atoms with Crippen LogP contribution in [0, 0.1) is 0 Å². The van der Waals surface area contributed by atoms with Crippen LogP contribution in [0.3, 0.4) is 0 Å². The smallest absolute Gasteiger partial charge is 0.247 e. The van der Waals surface area contributed by atoms with E-state index >= 15 is 0 Å². The number of β-amino-alcohol motifs (C(OH)–C–C–N with tert-alkyl or cyclic N) is 1. The summed E-state index contributed by atoms with van der Waals surface area (Å²) in [5.74, 6) is 0. The van der Waals surface area contributed by atoms with Crippen molar-refractivity contribution in [2.45, 2.75) is 26.3 Å². The summed E-state index contributed by atoms with van der Waals surface area (Å²) < 4.78 is 0. The van der Waals surface area contributed by atoms with Crippen molar-refractivity contribution in [1.29, 1.82) is 0 Å². The summed E-state index contributed by atoms with van der Waals surface area (Å²) in [6.07, 6.45) is 2.62. The van der Waals surface area contributed by atoms with E-state index < -0.39 is 0 Å². The molecule has 0 amide bonds. The van der Waals surface area contributed by atoms with Crippen LogP contribution in [0.5, 0.6) is 0 Å². The van der Waals surface area contributed by atoms with Crippen molar-refractivity contribution in [3.63, 3.8) is 0 Å². The van der Waals surface area contributed by atoms with Gasteiger partial charge in [0.2, 0.25) is 6.29 Å². The van der Waals surface area contributed by atoms with Gasteiger partial charge in [0.05, 0.1) is 19.4 Å². The molecule has 0 bridgehead atoms. The third-order valence-corrected chi connectivity index (χ3v) is 1.34. The van der Waals surface area contributed by atoms with Crippen molar-refractivity contribution in [1.82, 2.24) is 5.01 Å². The van der Waals surface area contributed by atoms with Gasteiger partial charge in [0, 0.05) is 5.54 Å². The first kappa shape index (κ1) is 11.1. The van der Waals surface area contributed by atoms with Crippen molar-refractivity contribution in [3.05, 3.63) is 0 Å². The highest BCUT2D eigenvalue weighted by molar-refractivity contribution is 6.13. The van der Waals surface area contributed by atoms with Gasteiger partial charge in [0.15, 0.2) is 0 Å². The van der Waals surface area contributed by atoms with Crippen LogP contribution in [0.1, 0.15) is 20.8 Å². The lowest BCUT2D eigenvalue weighted by Gasteiger charge is -2.32. The Hall–Kier alpha value is -0.900. The summed E-state index contributed by atoms with van der Waals surface area (Å²) in [5.41, 5.74) is -0.184. The molecule has 0 heterocycles. The number of hydrogen-bond acceptors (Lipinski definition) is 4. The maximum absolute atomic E-state index is 9.88. The topological polar surface area (TPSA) is 52.9 Å². The first-order valence-electron chi connectivity index (χ1n) is 3.81. The van der Waals surface area contributed by atoms with Crippen LogP contribution in [0.25, 0.3) is 0 Å². The van der Waals surface area contributed by atoms with Gasteiger partial charge in [0.1, 0.15) is 0 Å². The molecule has 0 aliphatic rings. The number of aliphatic hydroxyl groups excluding tert-OH is 1. The third-order valence-electron chi connectivity index (χ3n) is 1.34. The number of nitrogens with zero attached hydrogens (tertiary/aromatic N) is 2. The zero-order valence-corrected chi connectivity index (χ0v) is 7.74. The van der Waals surface area contributed by atoms with Crippen molar-refractivity contribution >= 4 is 12.5 Å². The molecule has 4 nitrogen and oxygen atoms in total. The molecule has 0 saturated heterocycles. The first-order valence-corrected chi connectivity index (χ1v) is 3.81. The van der Waals surface area contributed by atoms with E-state index in [1.165, 1.54) is 0 Å². The van der Waals surface area contributed by atoms with E-state index in [0.717, 1.165) is 6.21 Å². The number of hydrazone groups is 1. The zero-order chi connectivity index (χ0) is 9.61. The summed E-state index contributed by atoms with van der Waals surface area (Å²) in [6, 6.07) is 0. The normalized spacial score (nSPS) is 12.0. The molecule has 1 N–H and O–H groups in total. The maximum Gasteiger partial charge on any atom is 0.247 e. The molecule has 69 valence electrons. The van der Waals surface area contributed by atoms with Crippen molar-refractivity contribution in [2.24, 2.45) is 5.10 Å². The summed E-state index contributed by atoms with van der Waals surface area (Å²) >= 11 is 0. The van der Waals surface area contributed by atoms with Crippen LogP contribution >= 0.6 is 0 Å². The lowest BCUT2D eigenvalue weighted by atomic mass is 10.1. The van der Waals surface area contributed by atoms with E-state index in [-0.39, 0.29) is 12.1 Å². The van der Waals surface area contributed by atoms with Crippen molar-refractivity contribution in [3.8, 4) is 0 Å². The minimum atomic E-state index is -0.184. The lowest BCUT2D eigenvalue weighted by Crippen LogP contribution is -2.39. The summed E-state index contributed by atoms with van der Waals surface area (Å²) in [4.78, 5) is 9.88. The maximum atomic E-state index is 9.88. The van der Waals surface area contributed by atoms with Crippen LogP contribution < -0.4 is 0 Å². The molecular formula is C8H15N2O2. The van der Waals surface area contributed by atoms with Gasteiger partial charge < -0.3 is 5.11 Å². The second-order valence-electron chi connectivity index (χ2n) is 3.38. The summed E-state index contributed by atoms with van der Waals surface area (Å²) in [7, 11) is 0. The van der Waals surface area contributed by atoms with E-state index in [0.29, 0.717) is 6.54 Å². The van der Waals surface area contributed by atoms with Crippen LogP contribution in [0.4, 0.5) is 0 Å². The van der Waals surface area contributed by atoms with Crippen molar-refractivity contribution in [2.75, 3.05) is 13.2 Å². The Morgan fingerprint density at radius 2 is 2.17 bits per heavy atom. The lowest BCUT2D eigenvalue weighted by molar-refractivity contribution is 0.111. The predicted octanol–water partition coefficient (Wildman–Crippen LogP) is 0.175. The molecule has 0 aromatic rings. The second-order valence-corrected chi connectivity index (χ2v) is 3.38. The monoisotopic (exact) mass is 171 g/mol. The fourth-order valence-electron chi connectivity index (χ4n) is 0.754. The SMILES string of the molecule is CC(C)(C)N(CCO)N=C[C]=O. The number of aliphatic hydroxyl groups is 1. The molecule has 0 aromatic heterocycles. The molecule has 0 aliphatic heterocycles. The average molecular weight is 171 g/mol. The highest BCUT2D eigenvalue weighted by atomic mass is 16.3. The van der Waals surface area contributed by atoms with Crippen LogP contribution in [-0.2, 0) is 4.79 Å². The molecule has 0 saturated carbocycles. The Kier molecular flexibility index (Phi) is 4.51. The molecular weight excluding hydrogens is 156 g/mol. The predicted molar refractivity (Wildman–Crippen MR) is 47.7 cm³/mol. The fraction of sp³-hybridized carbons (Fsp3) is 0.750. The Bertz CT molecular complexity index is 161. The van der Waals surface area contributed by atoms with Gasteiger partial charge in [-0.1, -0.05) is 0 Å². The minimum absolute atomic E-state index is 0.0213. The van der Waals surface area contributed by atoms with Gasteiger partial charge in [-0.25, -0.2) is 0 Å². The Balaban J connectivity index is 4.22. The average Bonchev–Trinajstić information content (AvgIpc) is 1.95. The van der Waals surface area contributed by atoms with E-state index in [4.69, 9.17) is 5.11 Å². The fourth-order valence-corrected chi connectivity index (χ4v) is 0.754. The molecule has 12 heavy (non-hydrogen) atoms. The Morgan fingerprint density at radius 3 is 2.50 bits per heavy atom. The number of hydrogen-bond donors (Lipinski definition) is 1. The molecule has 4 heteroatoms. The Labute approximate surface area is 72.9 Å². The standard InChI is InChI=1S/C8H15N2O2/c1-8(2,3)10(5-7-12)9-4-6-11/h4,12H,5,7H2,1-3H3. The van der Waals surface area contributed by atoms with E-state index in [9.17, 15) is 4.79 Å². The summed E-state index contributed by atoms with van der Waals surface area (Å²) in [6.45, 7) is 6.29. The molecule has 0 rings (SSSR count). The van der Waals surface area contributed by atoms with Gasteiger partial charge in [0.25, 0.3) is 0 Å². The molecule has 0 aromatic carbocycles. The van der Waals surface area contributed by atoms with Crippen LogP contribution in [-0.4, -0.2) is 41.3 Å². The van der Waals surface area contributed by atoms with Gasteiger partial charge in [-0.3, -0.25) is 9.80 Å². The molecule has 0 unspecified atom stereocenters. The number of carbonyl (C=O) groups excluding carboxylic acids is 1. The molecule has 0 fully saturated rings. The zero-order valence-electron chi connectivity index (χ0n) is 7.74. The minimum Gasteiger partial charge on any atom is -0.394 e. The van der Waals surface area contributed by atoms with Crippen molar-refractivity contribution < 1.29 is 9.90 Å². The molecule has 0 aliphatic carbocycles. The van der Waals surface area contributed by atoms with E-state index in [1.54, 1.807) is 11.3 Å². The Morgan fingerprint density at radius 1 is 1.58 bits per heavy atom. The highest BCUT2D eigenvalue weighted by Crippen LogP contribution is 2.11. The summed E-state index contributed by atoms with van der Waals surface area (Å²) in [5, 5.41) is 14.1. The molecule has 0 atom stereocenters. The van der Waals surface area contributed by atoms with Crippen LogP contribution in [0.15, 0.2) is 5.10 Å².